The third-order valence-electron chi connectivity index (χ3n) is 10.1. The van der Waals surface area contributed by atoms with E-state index in [1.54, 1.807) is 0 Å². The average Bonchev–Trinajstić information content (AvgIpc) is 3.22. The van der Waals surface area contributed by atoms with E-state index in [4.69, 9.17) is 9.47 Å². The van der Waals surface area contributed by atoms with Gasteiger partial charge >= 0.3 is 0 Å². The maximum absolute atomic E-state index is 10.8. The summed E-state index contributed by atoms with van der Waals surface area (Å²) in [5, 5.41) is 10.8. The molecule has 0 aromatic rings. The van der Waals surface area contributed by atoms with E-state index in [0.717, 1.165) is 56.7 Å². The zero-order valence-corrected chi connectivity index (χ0v) is 17.3. The number of rotatable bonds is 2. The number of aliphatic hydroxyl groups excluding tert-OH is 1. The SMILES string of the molecule is C=CCC1CC2CC3(CCC2(C)C2CCC4(C)C(O)CCC4C12)OCCO3. The average molecular weight is 375 g/mol. The molecular weight excluding hydrogens is 336 g/mol. The van der Waals surface area contributed by atoms with Crippen LogP contribution in [0.25, 0.3) is 0 Å². The largest absolute Gasteiger partial charge is 0.393 e. The molecule has 0 aromatic carbocycles. The van der Waals surface area contributed by atoms with Crippen molar-refractivity contribution < 1.29 is 14.6 Å². The van der Waals surface area contributed by atoms with E-state index in [-0.39, 0.29) is 17.3 Å². The van der Waals surface area contributed by atoms with Crippen LogP contribution in [-0.4, -0.2) is 30.2 Å². The topological polar surface area (TPSA) is 38.7 Å². The zero-order valence-electron chi connectivity index (χ0n) is 17.3. The van der Waals surface area contributed by atoms with Crippen LogP contribution in [0.5, 0.6) is 0 Å². The second-order valence-corrected chi connectivity index (χ2v) is 11.0. The van der Waals surface area contributed by atoms with E-state index in [1.165, 1.54) is 32.1 Å². The number of allylic oxidation sites excluding steroid dienone is 1. The molecule has 27 heavy (non-hydrogen) atoms. The van der Waals surface area contributed by atoms with Gasteiger partial charge < -0.3 is 14.6 Å². The Kier molecular flexibility index (Phi) is 4.35. The second kappa shape index (κ2) is 6.31. The molecule has 3 nitrogen and oxygen atoms in total. The standard InChI is InChI=1S/C24H38O3/c1-4-5-16-14-17-15-24(26-12-13-27-24)11-10-22(17,2)19-8-9-23(3)18(21(16)19)6-7-20(23)25/h4,16-21,25H,1,5-15H2,2-3H3. The van der Waals surface area contributed by atoms with Crippen molar-refractivity contribution >= 4 is 0 Å². The minimum atomic E-state index is -0.275. The molecule has 0 aromatic heterocycles. The van der Waals surface area contributed by atoms with Gasteiger partial charge in [0.1, 0.15) is 0 Å². The first-order chi connectivity index (χ1) is 12.9. The lowest BCUT2D eigenvalue weighted by Crippen LogP contribution is -2.58. The van der Waals surface area contributed by atoms with Crippen LogP contribution < -0.4 is 0 Å². The molecule has 3 heteroatoms. The van der Waals surface area contributed by atoms with Crippen LogP contribution in [0.15, 0.2) is 12.7 Å². The molecule has 5 fully saturated rings. The van der Waals surface area contributed by atoms with Crippen LogP contribution in [0.4, 0.5) is 0 Å². The van der Waals surface area contributed by atoms with E-state index in [2.05, 4.69) is 26.5 Å². The van der Waals surface area contributed by atoms with Crippen molar-refractivity contribution in [2.24, 2.45) is 40.4 Å². The summed E-state index contributed by atoms with van der Waals surface area (Å²) in [7, 11) is 0. The summed E-state index contributed by atoms with van der Waals surface area (Å²) < 4.78 is 12.3. The van der Waals surface area contributed by atoms with Gasteiger partial charge in [0.2, 0.25) is 0 Å². The maximum atomic E-state index is 10.8. The molecule has 1 saturated heterocycles. The molecular formula is C24H38O3. The Balaban J connectivity index is 1.48. The van der Waals surface area contributed by atoms with Crippen LogP contribution in [0.1, 0.15) is 71.6 Å². The molecule has 0 bridgehead atoms. The van der Waals surface area contributed by atoms with Crippen molar-refractivity contribution in [2.45, 2.75) is 83.5 Å². The number of aliphatic hydroxyl groups is 1. The number of fused-ring (bicyclic) bond motifs is 5. The summed E-state index contributed by atoms with van der Waals surface area (Å²) in [5.41, 5.74) is 0.565. The highest BCUT2D eigenvalue weighted by atomic mass is 16.7. The Morgan fingerprint density at radius 2 is 1.74 bits per heavy atom. The number of ether oxygens (including phenoxy) is 2. The van der Waals surface area contributed by atoms with Crippen LogP contribution in [0, 0.1) is 40.4 Å². The van der Waals surface area contributed by atoms with E-state index in [1.807, 2.05) is 0 Å². The minimum absolute atomic E-state index is 0.0896. The molecule has 5 aliphatic rings. The predicted octanol–water partition coefficient (Wildman–Crippen LogP) is 4.94. The van der Waals surface area contributed by atoms with Gasteiger partial charge in [0.15, 0.2) is 5.79 Å². The highest BCUT2D eigenvalue weighted by Crippen LogP contribution is 2.69. The van der Waals surface area contributed by atoms with Gasteiger partial charge in [0.25, 0.3) is 0 Å². The van der Waals surface area contributed by atoms with Gasteiger partial charge in [-0.25, -0.2) is 0 Å². The summed E-state index contributed by atoms with van der Waals surface area (Å²) in [4.78, 5) is 0. The van der Waals surface area contributed by atoms with E-state index >= 15 is 0 Å². The van der Waals surface area contributed by atoms with Gasteiger partial charge in [-0.15, -0.1) is 6.58 Å². The van der Waals surface area contributed by atoms with Crippen LogP contribution >= 0.6 is 0 Å². The first kappa shape index (κ1) is 18.6. The van der Waals surface area contributed by atoms with Crippen LogP contribution in [0.3, 0.4) is 0 Å². The lowest BCUT2D eigenvalue weighted by atomic mass is 9.42. The van der Waals surface area contributed by atoms with Crippen molar-refractivity contribution in [3.05, 3.63) is 12.7 Å². The third-order valence-corrected chi connectivity index (χ3v) is 10.1. The summed E-state index contributed by atoms with van der Waals surface area (Å²) in [6.45, 7) is 10.6. The molecule has 1 spiro atoms. The molecule has 4 saturated carbocycles. The molecule has 1 N–H and O–H groups in total. The van der Waals surface area contributed by atoms with Crippen molar-refractivity contribution in [2.75, 3.05) is 13.2 Å². The first-order valence-electron chi connectivity index (χ1n) is 11.5. The molecule has 4 aliphatic carbocycles. The van der Waals surface area contributed by atoms with Gasteiger partial charge in [-0.05, 0) is 85.4 Å². The van der Waals surface area contributed by atoms with Crippen LogP contribution in [-0.2, 0) is 9.47 Å². The van der Waals surface area contributed by atoms with E-state index in [9.17, 15) is 5.11 Å². The molecule has 5 rings (SSSR count). The quantitative estimate of drug-likeness (QED) is 0.696. The summed E-state index contributed by atoms with van der Waals surface area (Å²) >= 11 is 0. The summed E-state index contributed by atoms with van der Waals surface area (Å²) in [6, 6.07) is 0. The van der Waals surface area contributed by atoms with Gasteiger partial charge in [-0.1, -0.05) is 19.9 Å². The Labute approximate surface area is 164 Å². The lowest BCUT2D eigenvalue weighted by Gasteiger charge is -2.63. The molecule has 0 amide bonds. The Bertz CT molecular complexity index is 596. The fourth-order valence-corrected chi connectivity index (χ4v) is 8.56. The third kappa shape index (κ3) is 2.57. The predicted molar refractivity (Wildman–Crippen MR) is 106 cm³/mol. The second-order valence-electron chi connectivity index (χ2n) is 11.0. The maximum Gasteiger partial charge on any atom is 0.168 e. The van der Waals surface area contributed by atoms with Crippen molar-refractivity contribution in [1.29, 1.82) is 0 Å². The molecule has 152 valence electrons. The fraction of sp³-hybridized carbons (Fsp3) is 0.917. The molecule has 0 radical (unpaired) electrons. The Morgan fingerprint density at radius 3 is 2.48 bits per heavy atom. The van der Waals surface area contributed by atoms with E-state index < -0.39 is 0 Å². The Morgan fingerprint density at radius 1 is 1.00 bits per heavy atom. The minimum Gasteiger partial charge on any atom is -0.393 e. The molecule has 1 aliphatic heterocycles. The Hall–Kier alpha value is -0.380. The number of hydrogen-bond donors (Lipinski definition) is 1. The highest BCUT2D eigenvalue weighted by molar-refractivity contribution is 5.12. The van der Waals surface area contributed by atoms with Gasteiger partial charge in [-0.2, -0.15) is 0 Å². The summed E-state index contributed by atoms with van der Waals surface area (Å²) in [6.07, 6.45) is 12.6. The van der Waals surface area contributed by atoms with Crippen LogP contribution in [0.2, 0.25) is 0 Å². The van der Waals surface area contributed by atoms with Crippen molar-refractivity contribution in [3.63, 3.8) is 0 Å². The van der Waals surface area contributed by atoms with Crippen molar-refractivity contribution in [3.8, 4) is 0 Å². The molecule has 8 unspecified atom stereocenters. The normalized spacial score (nSPS) is 53.6. The highest BCUT2D eigenvalue weighted by Gasteiger charge is 2.63. The zero-order chi connectivity index (χ0) is 18.9. The molecule has 1 heterocycles. The molecule has 8 atom stereocenters. The smallest absolute Gasteiger partial charge is 0.168 e. The first-order valence-corrected chi connectivity index (χ1v) is 11.5. The lowest BCUT2D eigenvalue weighted by molar-refractivity contribution is -0.237. The van der Waals surface area contributed by atoms with Gasteiger partial charge in [0, 0.05) is 12.8 Å². The fourth-order valence-electron chi connectivity index (χ4n) is 8.56. The van der Waals surface area contributed by atoms with E-state index in [0.29, 0.717) is 17.3 Å². The van der Waals surface area contributed by atoms with Gasteiger partial charge in [-0.3, -0.25) is 0 Å². The number of hydrogen-bond acceptors (Lipinski definition) is 3. The summed E-state index contributed by atoms with van der Waals surface area (Å²) in [5.74, 6) is 3.40. The van der Waals surface area contributed by atoms with Gasteiger partial charge in [0.05, 0.1) is 19.3 Å². The van der Waals surface area contributed by atoms with Crippen molar-refractivity contribution in [1.82, 2.24) is 0 Å². The monoisotopic (exact) mass is 374 g/mol.